The van der Waals surface area contributed by atoms with E-state index in [9.17, 15) is 9.59 Å². The number of methoxy groups -OCH3 is 1. The predicted octanol–water partition coefficient (Wildman–Crippen LogP) is 5.38. The van der Waals surface area contributed by atoms with Crippen LogP contribution in [0.2, 0.25) is 0 Å². The van der Waals surface area contributed by atoms with Gasteiger partial charge >= 0.3 is 0 Å². The second kappa shape index (κ2) is 10.6. The summed E-state index contributed by atoms with van der Waals surface area (Å²) in [6.45, 7) is 8.09. The molecule has 1 atom stereocenters. The van der Waals surface area contributed by atoms with Crippen molar-refractivity contribution in [2.24, 2.45) is 4.99 Å². The third-order valence-electron chi connectivity index (χ3n) is 6.64. The molecule has 8 heteroatoms. The van der Waals surface area contributed by atoms with Gasteiger partial charge in [0.1, 0.15) is 11.8 Å². The van der Waals surface area contributed by atoms with Crippen LogP contribution >= 0.6 is 22.7 Å². The molecule has 1 aliphatic heterocycles. The number of fused-ring (bicyclic) bond motifs is 1. The monoisotopic (exact) mass is 543 g/mol. The van der Waals surface area contributed by atoms with Crippen LogP contribution in [-0.4, -0.2) is 17.6 Å². The van der Waals surface area contributed by atoms with Crippen LogP contribution in [0.25, 0.3) is 6.08 Å². The summed E-state index contributed by atoms with van der Waals surface area (Å²) in [5, 5.41) is 4.94. The molecule has 194 valence electrons. The number of thiazole rings is 1. The summed E-state index contributed by atoms with van der Waals surface area (Å²) < 4.78 is 7.83. The summed E-state index contributed by atoms with van der Waals surface area (Å²) in [5.41, 5.74) is 4.67. The number of amides is 1. The number of ether oxygens (including phenoxy) is 1. The Balaban J connectivity index is 1.66. The molecule has 0 unspecified atom stereocenters. The number of hydrogen-bond acceptors (Lipinski definition) is 6. The third kappa shape index (κ3) is 4.77. The molecule has 5 rings (SSSR count). The lowest BCUT2D eigenvalue weighted by atomic mass is 9.96. The quantitative estimate of drug-likeness (QED) is 0.355. The molecule has 2 aromatic heterocycles. The van der Waals surface area contributed by atoms with E-state index >= 15 is 0 Å². The van der Waals surface area contributed by atoms with Crippen LogP contribution in [-0.2, 0) is 4.79 Å². The first kappa shape index (κ1) is 25.9. The molecule has 2 aromatic carbocycles. The molecule has 3 heterocycles. The molecule has 0 bridgehead atoms. The minimum atomic E-state index is -0.555. The van der Waals surface area contributed by atoms with Crippen molar-refractivity contribution < 1.29 is 9.53 Å². The predicted molar refractivity (Wildman–Crippen MR) is 155 cm³/mol. The fourth-order valence-corrected chi connectivity index (χ4v) is 6.55. The number of nitrogens with zero attached hydrogens (tertiary/aromatic N) is 2. The summed E-state index contributed by atoms with van der Waals surface area (Å²) in [4.78, 5) is 33.7. The van der Waals surface area contributed by atoms with Gasteiger partial charge in [0.2, 0.25) is 0 Å². The van der Waals surface area contributed by atoms with Crippen molar-refractivity contribution >= 4 is 40.3 Å². The Morgan fingerprint density at radius 1 is 1.13 bits per heavy atom. The van der Waals surface area contributed by atoms with Crippen LogP contribution < -0.4 is 24.9 Å². The van der Waals surface area contributed by atoms with Gasteiger partial charge in [0.05, 0.1) is 22.9 Å². The molecule has 1 aliphatic rings. The highest BCUT2D eigenvalue weighted by Gasteiger charge is 2.33. The highest BCUT2D eigenvalue weighted by atomic mass is 32.1. The van der Waals surface area contributed by atoms with E-state index in [1.54, 1.807) is 11.7 Å². The van der Waals surface area contributed by atoms with Crippen LogP contribution in [0, 0.1) is 6.92 Å². The number of anilines is 1. The van der Waals surface area contributed by atoms with Crippen molar-refractivity contribution in [1.29, 1.82) is 0 Å². The van der Waals surface area contributed by atoms with E-state index in [0.29, 0.717) is 26.3 Å². The summed E-state index contributed by atoms with van der Waals surface area (Å²) in [6, 6.07) is 16.8. The molecule has 1 N–H and O–H groups in total. The average molecular weight is 544 g/mol. The van der Waals surface area contributed by atoms with Gasteiger partial charge in [0.15, 0.2) is 4.80 Å². The zero-order chi connectivity index (χ0) is 27.0. The Hall–Kier alpha value is -3.75. The van der Waals surface area contributed by atoms with Crippen LogP contribution in [0.4, 0.5) is 5.69 Å². The summed E-state index contributed by atoms with van der Waals surface area (Å²) in [5.74, 6) is 0.849. The van der Waals surface area contributed by atoms with Gasteiger partial charge in [-0.2, -0.15) is 0 Å². The van der Waals surface area contributed by atoms with E-state index in [1.807, 2.05) is 73.8 Å². The van der Waals surface area contributed by atoms with Crippen LogP contribution in [0.1, 0.15) is 54.3 Å². The Morgan fingerprint density at radius 3 is 2.55 bits per heavy atom. The summed E-state index contributed by atoms with van der Waals surface area (Å²) in [6.07, 6.45) is 1.93. The van der Waals surface area contributed by atoms with Gasteiger partial charge in [-0.25, -0.2) is 4.99 Å². The van der Waals surface area contributed by atoms with Crippen molar-refractivity contribution in [2.75, 3.05) is 12.4 Å². The van der Waals surface area contributed by atoms with Gasteiger partial charge in [-0.3, -0.25) is 14.2 Å². The molecule has 0 radical (unpaired) electrons. The first-order valence-electron chi connectivity index (χ1n) is 12.4. The lowest BCUT2D eigenvalue weighted by Gasteiger charge is -2.24. The number of benzene rings is 2. The number of thiophene rings is 1. The molecule has 0 aliphatic carbocycles. The molecule has 1 amide bonds. The molecule has 6 nitrogen and oxygen atoms in total. The maximum Gasteiger partial charge on any atom is 0.271 e. The lowest BCUT2D eigenvalue weighted by Crippen LogP contribution is -2.40. The molecular formula is C30H29N3O3S2. The summed E-state index contributed by atoms with van der Waals surface area (Å²) >= 11 is 2.87. The van der Waals surface area contributed by atoms with Gasteiger partial charge < -0.3 is 10.1 Å². The number of carbonyl (C=O) groups excluding carboxylic acids is 1. The Morgan fingerprint density at radius 2 is 1.89 bits per heavy atom. The average Bonchev–Trinajstić information content (AvgIpc) is 3.53. The van der Waals surface area contributed by atoms with Gasteiger partial charge in [0, 0.05) is 10.6 Å². The zero-order valence-corrected chi connectivity index (χ0v) is 23.6. The number of aryl methyl sites for hydroxylation is 1. The summed E-state index contributed by atoms with van der Waals surface area (Å²) in [7, 11) is 1.68. The topological polar surface area (TPSA) is 72.7 Å². The fraction of sp³-hybridized carbons (Fsp3) is 0.233. The molecule has 0 spiro atoms. The second-order valence-electron chi connectivity index (χ2n) is 9.52. The van der Waals surface area contributed by atoms with E-state index in [4.69, 9.17) is 9.73 Å². The number of aromatic nitrogens is 1. The number of allylic oxidation sites excluding steroid dienone is 1. The van der Waals surface area contributed by atoms with Crippen molar-refractivity contribution in [1.82, 2.24) is 4.57 Å². The number of carbonyl (C=O) groups is 1. The highest BCUT2D eigenvalue weighted by Crippen LogP contribution is 2.33. The normalized spacial score (nSPS) is 15.4. The Labute approximate surface area is 229 Å². The number of hydrogen-bond donors (Lipinski definition) is 1. The maximum atomic E-state index is 13.9. The highest BCUT2D eigenvalue weighted by molar-refractivity contribution is 7.10. The van der Waals surface area contributed by atoms with Crippen molar-refractivity contribution in [3.63, 3.8) is 0 Å². The molecule has 0 saturated heterocycles. The molecule has 0 saturated carbocycles. The van der Waals surface area contributed by atoms with Crippen molar-refractivity contribution in [3.05, 3.63) is 113 Å². The molecule has 38 heavy (non-hydrogen) atoms. The first-order chi connectivity index (χ1) is 18.3. The van der Waals surface area contributed by atoms with Gasteiger partial charge in [-0.1, -0.05) is 49.4 Å². The van der Waals surface area contributed by atoms with E-state index in [0.717, 1.165) is 27.3 Å². The van der Waals surface area contributed by atoms with Crippen LogP contribution in [0.5, 0.6) is 5.75 Å². The van der Waals surface area contributed by atoms with Crippen molar-refractivity contribution in [3.8, 4) is 5.75 Å². The van der Waals surface area contributed by atoms with Crippen molar-refractivity contribution in [2.45, 2.75) is 39.7 Å². The second-order valence-corrected chi connectivity index (χ2v) is 11.5. The van der Waals surface area contributed by atoms with E-state index in [2.05, 4.69) is 25.2 Å². The van der Waals surface area contributed by atoms with Crippen LogP contribution in [0.15, 0.2) is 81.0 Å². The van der Waals surface area contributed by atoms with E-state index in [1.165, 1.54) is 22.7 Å². The van der Waals surface area contributed by atoms with Gasteiger partial charge in [-0.15, -0.1) is 11.3 Å². The SMILES string of the molecule is COc1cc(C)c(/C=c2/sc3n(c2=O)[C@@H](c2cccs2)C(C(=O)Nc2ccccc2)=C(C)N=3)cc1C(C)C. The zero-order valence-electron chi connectivity index (χ0n) is 21.9. The minimum Gasteiger partial charge on any atom is -0.496 e. The number of rotatable bonds is 6. The van der Waals surface area contributed by atoms with E-state index in [-0.39, 0.29) is 17.4 Å². The molecule has 4 aromatic rings. The van der Waals surface area contributed by atoms with Crippen LogP contribution in [0.3, 0.4) is 0 Å². The first-order valence-corrected chi connectivity index (χ1v) is 14.1. The minimum absolute atomic E-state index is 0.161. The third-order valence-corrected chi connectivity index (χ3v) is 8.55. The van der Waals surface area contributed by atoms with Gasteiger partial charge in [0.25, 0.3) is 11.5 Å². The van der Waals surface area contributed by atoms with Gasteiger partial charge in [-0.05, 0) is 78.2 Å². The fourth-order valence-electron chi connectivity index (χ4n) is 4.69. The Kier molecular flexibility index (Phi) is 7.19. The molecular weight excluding hydrogens is 514 g/mol. The van der Waals surface area contributed by atoms with E-state index < -0.39 is 6.04 Å². The number of nitrogens with one attached hydrogen (secondary N) is 1. The smallest absolute Gasteiger partial charge is 0.271 e. The largest absolute Gasteiger partial charge is 0.496 e. The standard InChI is InChI=1S/C30H29N3O3S2/c1-17(2)22-15-20(18(3)14-23(22)36-5)16-25-29(35)33-27(24-12-9-13-37-24)26(19(4)31-30(33)38-25)28(34)32-21-10-7-6-8-11-21/h6-17,27H,1-5H3,(H,32,34)/b25-16+/t27-/m0/s1. The number of para-hydroxylation sites is 1. The molecule has 0 fully saturated rings. The maximum absolute atomic E-state index is 13.9. The Bertz CT molecular complexity index is 1710. The lowest BCUT2D eigenvalue weighted by molar-refractivity contribution is -0.113.